The molecule has 1 aliphatic rings. The Hall–Kier alpha value is -1.99. The topological polar surface area (TPSA) is 40.5 Å². The molecule has 1 aromatic carbocycles. The summed E-state index contributed by atoms with van der Waals surface area (Å²) in [5.41, 5.74) is -0.203. The lowest BCUT2D eigenvalue weighted by Crippen LogP contribution is -2.57. The second-order valence-electron chi connectivity index (χ2n) is 8.93. The summed E-state index contributed by atoms with van der Waals surface area (Å²) in [7, 11) is 4.61. The van der Waals surface area contributed by atoms with Gasteiger partial charge < -0.3 is 14.5 Å². The molecule has 4 rings (SSSR count). The van der Waals surface area contributed by atoms with Crippen LogP contribution in [0.2, 0.25) is 0 Å². The third-order valence-electron chi connectivity index (χ3n) is 6.62. The molecule has 4 nitrogen and oxygen atoms in total. The minimum Gasteiger partial charge on any atom is -0.371 e. The van der Waals surface area contributed by atoms with Gasteiger partial charge in [-0.1, -0.05) is 42.5 Å². The zero-order valence-corrected chi connectivity index (χ0v) is 19.9. The van der Waals surface area contributed by atoms with Gasteiger partial charge in [-0.3, -0.25) is 4.79 Å². The first-order chi connectivity index (χ1) is 14.9. The van der Waals surface area contributed by atoms with Gasteiger partial charge in [0.2, 0.25) is 5.60 Å². The van der Waals surface area contributed by atoms with Crippen LogP contribution in [0.5, 0.6) is 0 Å². The van der Waals surface area contributed by atoms with Crippen LogP contribution in [0, 0.1) is 0 Å². The van der Waals surface area contributed by atoms with Crippen LogP contribution in [0.1, 0.15) is 28.2 Å². The second kappa shape index (κ2) is 9.25. The summed E-state index contributed by atoms with van der Waals surface area (Å²) in [6, 6.07) is 18.7. The van der Waals surface area contributed by atoms with Crippen molar-refractivity contribution < 1.29 is 14.4 Å². The number of benzene rings is 1. The maximum atomic E-state index is 13.6. The number of carbonyl (C=O) groups is 1. The van der Waals surface area contributed by atoms with E-state index in [1.807, 2.05) is 39.9 Å². The molecular weight excluding hydrogens is 424 g/mol. The highest BCUT2D eigenvalue weighted by Crippen LogP contribution is 2.38. The fraction of sp³-hybridized carbons (Fsp3) is 0.400. The lowest BCUT2D eigenvalue weighted by molar-refractivity contribution is -0.916. The van der Waals surface area contributed by atoms with Crippen molar-refractivity contribution >= 4 is 28.6 Å². The van der Waals surface area contributed by atoms with Crippen molar-refractivity contribution in [3.8, 4) is 0 Å². The highest BCUT2D eigenvalue weighted by Gasteiger charge is 2.46. The number of likely N-dealkylation sites (tertiary alicyclic amines) is 1. The van der Waals surface area contributed by atoms with E-state index < -0.39 is 5.60 Å². The number of amides is 1. The van der Waals surface area contributed by atoms with Gasteiger partial charge in [-0.05, 0) is 28.5 Å². The van der Waals surface area contributed by atoms with E-state index in [0.29, 0.717) is 28.9 Å². The number of rotatable bonds is 7. The number of thiophene rings is 2. The van der Waals surface area contributed by atoms with E-state index in [4.69, 9.17) is 0 Å². The lowest BCUT2D eigenvalue weighted by Gasteiger charge is -2.44. The van der Waals surface area contributed by atoms with E-state index in [1.54, 1.807) is 0 Å². The monoisotopic (exact) mass is 455 g/mol. The van der Waals surface area contributed by atoms with Gasteiger partial charge in [0.05, 0.1) is 36.4 Å². The molecule has 164 valence electrons. The van der Waals surface area contributed by atoms with Crippen molar-refractivity contribution in [3.63, 3.8) is 0 Å². The van der Waals surface area contributed by atoms with Crippen molar-refractivity contribution in [2.24, 2.45) is 0 Å². The van der Waals surface area contributed by atoms with Gasteiger partial charge in [0.15, 0.2) is 0 Å². The van der Waals surface area contributed by atoms with E-state index >= 15 is 0 Å². The lowest BCUT2D eigenvalue weighted by atomic mass is 9.94. The summed E-state index contributed by atoms with van der Waals surface area (Å²) in [6.07, 6.45) is 2.97. The molecule has 2 aromatic heterocycles. The fourth-order valence-electron chi connectivity index (χ4n) is 4.54. The molecule has 1 aliphatic heterocycles. The Morgan fingerprint density at radius 3 is 2.10 bits per heavy atom. The van der Waals surface area contributed by atoms with Crippen molar-refractivity contribution in [2.45, 2.75) is 30.9 Å². The Bertz CT molecular complexity index is 926. The molecule has 0 bridgehead atoms. The first-order valence-corrected chi connectivity index (χ1v) is 12.6. The normalized spacial score (nSPS) is 15.9. The van der Waals surface area contributed by atoms with E-state index in [2.05, 4.69) is 44.4 Å². The summed E-state index contributed by atoms with van der Waals surface area (Å²) in [5, 5.41) is 15.4. The molecule has 0 aliphatic carbocycles. The van der Waals surface area contributed by atoms with Crippen LogP contribution in [0.25, 0.3) is 0 Å². The Labute approximate surface area is 193 Å². The molecule has 0 atom stereocenters. The first kappa shape index (κ1) is 22.2. The number of hydrogen-bond acceptors (Lipinski definition) is 4. The zero-order valence-electron chi connectivity index (χ0n) is 18.2. The highest BCUT2D eigenvalue weighted by atomic mass is 32.1. The molecular formula is C25H31N2O2S2+. The number of likely N-dealkylation sites (N-methyl/N-ethyl adjacent to an activating group) is 1. The molecule has 0 saturated carbocycles. The van der Waals surface area contributed by atoms with Crippen LogP contribution >= 0.6 is 22.7 Å². The van der Waals surface area contributed by atoms with E-state index in [0.717, 1.165) is 30.3 Å². The van der Waals surface area contributed by atoms with Crippen LogP contribution in [-0.4, -0.2) is 60.2 Å². The van der Waals surface area contributed by atoms with Crippen molar-refractivity contribution in [1.29, 1.82) is 0 Å². The third-order valence-corrected chi connectivity index (χ3v) is 8.58. The van der Waals surface area contributed by atoms with Crippen molar-refractivity contribution in [3.05, 3.63) is 80.7 Å². The molecule has 3 heterocycles. The van der Waals surface area contributed by atoms with Gasteiger partial charge in [0.25, 0.3) is 5.91 Å². The zero-order chi connectivity index (χ0) is 21.9. The molecule has 0 unspecified atom stereocenters. The number of quaternary nitrogens is 1. The summed E-state index contributed by atoms with van der Waals surface area (Å²) in [4.78, 5) is 16.8. The standard InChI is InChI=1S/C25H31N2O2S2/c1-27(2,17-14-20-8-4-3-5-9-20)21-12-15-26(16-13-21)24(28)25(29,22-10-6-18-30-22)23-11-7-19-31-23/h3-11,18-19,21,29H,12-17H2,1-2H3/q+1. The molecule has 1 amide bonds. The van der Waals surface area contributed by atoms with E-state index in [9.17, 15) is 9.90 Å². The largest absolute Gasteiger partial charge is 0.371 e. The minimum absolute atomic E-state index is 0.189. The van der Waals surface area contributed by atoms with Gasteiger partial charge in [0.1, 0.15) is 0 Å². The van der Waals surface area contributed by atoms with Crippen LogP contribution in [0.15, 0.2) is 65.4 Å². The molecule has 0 radical (unpaired) electrons. The predicted molar refractivity (Wildman–Crippen MR) is 128 cm³/mol. The minimum atomic E-state index is -1.58. The Morgan fingerprint density at radius 1 is 1.00 bits per heavy atom. The van der Waals surface area contributed by atoms with Gasteiger partial charge in [-0.15, -0.1) is 22.7 Å². The molecule has 1 saturated heterocycles. The number of hydrogen-bond donors (Lipinski definition) is 1. The van der Waals surface area contributed by atoms with Crippen LogP contribution in [0.4, 0.5) is 0 Å². The van der Waals surface area contributed by atoms with Gasteiger partial charge in [0, 0.05) is 32.4 Å². The average Bonchev–Trinajstić information content (AvgIpc) is 3.53. The number of carbonyl (C=O) groups excluding carboxylic acids is 1. The quantitative estimate of drug-likeness (QED) is 0.538. The molecule has 3 aromatic rings. The Morgan fingerprint density at radius 2 is 1.58 bits per heavy atom. The van der Waals surface area contributed by atoms with Crippen LogP contribution < -0.4 is 0 Å². The summed E-state index contributed by atoms with van der Waals surface area (Å²) in [5.74, 6) is -0.189. The SMILES string of the molecule is C[N+](C)(CCc1ccccc1)C1CCN(C(=O)C(O)(c2cccs2)c2cccs2)CC1. The maximum Gasteiger partial charge on any atom is 0.265 e. The molecule has 31 heavy (non-hydrogen) atoms. The predicted octanol–water partition coefficient (Wildman–Crippen LogP) is 4.36. The molecule has 1 N–H and O–H groups in total. The number of nitrogens with zero attached hydrogens (tertiary/aromatic N) is 2. The second-order valence-corrected chi connectivity index (χ2v) is 10.8. The Kier molecular flexibility index (Phi) is 6.63. The summed E-state index contributed by atoms with van der Waals surface area (Å²) < 4.78 is 0.955. The van der Waals surface area contributed by atoms with Gasteiger partial charge in [-0.2, -0.15) is 0 Å². The summed E-state index contributed by atoms with van der Waals surface area (Å²) in [6.45, 7) is 2.46. The highest BCUT2D eigenvalue weighted by molar-refractivity contribution is 7.12. The average molecular weight is 456 g/mol. The Balaban J connectivity index is 1.42. The van der Waals surface area contributed by atoms with E-state index in [1.165, 1.54) is 28.2 Å². The fourth-order valence-corrected chi connectivity index (χ4v) is 6.26. The smallest absolute Gasteiger partial charge is 0.265 e. The van der Waals surface area contributed by atoms with E-state index in [-0.39, 0.29) is 5.91 Å². The molecule has 0 spiro atoms. The maximum absolute atomic E-state index is 13.6. The van der Waals surface area contributed by atoms with Gasteiger partial charge in [-0.25, -0.2) is 0 Å². The van der Waals surface area contributed by atoms with Crippen LogP contribution in [-0.2, 0) is 16.8 Å². The molecule has 6 heteroatoms. The third kappa shape index (κ3) is 4.62. The number of aliphatic hydroxyl groups is 1. The molecule has 1 fully saturated rings. The summed E-state index contributed by atoms with van der Waals surface area (Å²) >= 11 is 2.87. The first-order valence-electron chi connectivity index (χ1n) is 10.9. The number of piperidine rings is 1. The van der Waals surface area contributed by atoms with Gasteiger partial charge >= 0.3 is 0 Å². The van der Waals surface area contributed by atoms with Crippen LogP contribution in [0.3, 0.4) is 0 Å². The van der Waals surface area contributed by atoms with Crippen molar-refractivity contribution in [2.75, 3.05) is 33.7 Å². The van der Waals surface area contributed by atoms with Crippen molar-refractivity contribution in [1.82, 2.24) is 4.90 Å².